The van der Waals surface area contributed by atoms with Gasteiger partial charge in [0.15, 0.2) is 5.65 Å². The fourth-order valence-corrected chi connectivity index (χ4v) is 5.47. The van der Waals surface area contributed by atoms with E-state index in [-0.39, 0.29) is 17.1 Å². The lowest BCUT2D eigenvalue weighted by molar-refractivity contribution is 0.0600. The van der Waals surface area contributed by atoms with E-state index >= 15 is 0 Å². The van der Waals surface area contributed by atoms with Crippen LogP contribution in [0.3, 0.4) is 0 Å². The van der Waals surface area contributed by atoms with Crippen LogP contribution in [0.2, 0.25) is 0 Å². The maximum Gasteiger partial charge on any atom is 0.337 e. The number of para-hydroxylation sites is 1. The monoisotopic (exact) mass is 528 g/mol. The smallest absolute Gasteiger partial charge is 0.337 e. The molecule has 204 valence electrons. The van der Waals surface area contributed by atoms with Gasteiger partial charge in [-0.3, -0.25) is 9.13 Å². The van der Waals surface area contributed by atoms with E-state index in [1.165, 1.54) is 7.11 Å². The van der Waals surface area contributed by atoms with Gasteiger partial charge in [-0.15, -0.1) is 0 Å². The van der Waals surface area contributed by atoms with E-state index < -0.39 is 5.97 Å². The summed E-state index contributed by atoms with van der Waals surface area (Å²) in [6, 6.07) is 16.6. The normalized spacial score (nSPS) is 16.4. The topological polar surface area (TPSA) is 94.3 Å². The lowest BCUT2D eigenvalue weighted by atomic mass is 9.94. The number of anilines is 2. The average Bonchev–Trinajstić information content (AvgIpc) is 3.20. The zero-order chi connectivity index (χ0) is 27.7. The Morgan fingerprint density at radius 2 is 1.79 bits per heavy atom. The highest BCUT2D eigenvalue weighted by Crippen LogP contribution is 2.29. The number of carbonyl (C=O) groups excluding carboxylic acids is 1. The number of rotatable bonds is 6. The molecule has 1 atom stereocenters. The minimum absolute atomic E-state index is 0.0226. The molecule has 1 aliphatic heterocycles. The fraction of sp³-hybridized carbons (Fsp3) is 0.400. The number of nitrogens with zero attached hydrogens (tertiary/aromatic N) is 5. The van der Waals surface area contributed by atoms with Crippen LogP contribution in [0.4, 0.5) is 11.6 Å². The first-order valence-corrected chi connectivity index (χ1v) is 13.4. The average molecular weight is 529 g/mol. The highest BCUT2D eigenvalue weighted by Gasteiger charge is 2.30. The predicted octanol–water partition coefficient (Wildman–Crippen LogP) is 5.10. The molecule has 0 saturated carbocycles. The lowest BCUT2D eigenvalue weighted by Gasteiger charge is -2.36. The Morgan fingerprint density at radius 1 is 1.08 bits per heavy atom. The number of fused-ring (bicyclic) bond motifs is 1. The number of hydrogen-bond acceptors (Lipinski definition) is 7. The Hall–Kier alpha value is -3.98. The summed E-state index contributed by atoms with van der Waals surface area (Å²) < 4.78 is 8.36. The van der Waals surface area contributed by atoms with Gasteiger partial charge in [-0.25, -0.2) is 14.6 Å². The zero-order valence-electron chi connectivity index (χ0n) is 23.3. The van der Waals surface area contributed by atoms with Gasteiger partial charge in [0.05, 0.1) is 30.1 Å². The second-order valence-corrected chi connectivity index (χ2v) is 11.4. The molecule has 9 nitrogen and oxygen atoms in total. The number of ether oxygens (including phenoxy) is 1. The summed E-state index contributed by atoms with van der Waals surface area (Å²) in [7, 11) is 1.35. The minimum Gasteiger partial charge on any atom is -0.465 e. The van der Waals surface area contributed by atoms with Crippen molar-refractivity contribution in [3.05, 3.63) is 76.3 Å². The summed E-state index contributed by atoms with van der Waals surface area (Å²) in [5.41, 5.74) is 3.90. The largest absolute Gasteiger partial charge is 0.465 e. The summed E-state index contributed by atoms with van der Waals surface area (Å²) in [6.45, 7) is 11.4. The number of likely N-dealkylation sites (tertiary alicyclic amines) is 1. The minimum atomic E-state index is -0.423. The molecule has 1 N–H and O–H groups in total. The van der Waals surface area contributed by atoms with Crippen LogP contribution in [0.15, 0.2) is 59.4 Å². The number of benzene rings is 2. The van der Waals surface area contributed by atoms with Gasteiger partial charge in [0.25, 0.3) is 0 Å². The number of hydrogen-bond donors (Lipinski definition) is 1. The van der Waals surface area contributed by atoms with E-state index in [1.807, 2.05) is 41.8 Å². The molecule has 0 unspecified atom stereocenters. The summed E-state index contributed by atoms with van der Waals surface area (Å²) in [6.07, 6.45) is 1.90. The van der Waals surface area contributed by atoms with Crippen molar-refractivity contribution in [1.29, 1.82) is 0 Å². The molecular formula is C30H36N6O3. The molecule has 39 heavy (non-hydrogen) atoms. The van der Waals surface area contributed by atoms with Crippen molar-refractivity contribution in [1.82, 2.24) is 24.0 Å². The van der Waals surface area contributed by atoms with Gasteiger partial charge < -0.3 is 15.0 Å². The van der Waals surface area contributed by atoms with Gasteiger partial charge in [-0.05, 0) is 68.1 Å². The van der Waals surface area contributed by atoms with Crippen LogP contribution in [-0.2, 0) is 4.74 Å². The van der Waals surface area contributed by atoms with Crippen molar-refractivity contribution in [2.24, 2.45) is 5.41 Å². The van der Waals surface area contributed by atoms with Crippen molar-refractivity contribution >= 4 is 28.8 Å². The van der Waals surface area contributed by atoms with Crippen LogP contribution >= 0.6 is 0 Å². The molecule has 2 aromatic heterocycles. The highest BCUT2D eigenvalue weighted by molar-refractivity contribution is 5.89. The van der Waals surface area contributed by atoms with Gasteiger partial charge in [0.1, 0.15) is 5.52 Å². The van der Waals surface area contributed by atoms with E-state index in [4.69, 9.17) is 14.7 Å². The van der Waals surface area contributed by atoms with Crippen LogP contribution in [0.1, 0.15) is 55.7 Å². The predicted molar refractivity (Wildman–Crippen MR) is 153 cm³/mol. The number of carbonyl (C=O) groups is 1. The maximum atomic E-state index is 14.2. The maximum absolute atomic E-state index is 14.2. The molecule has 0 spiro atoms. The summed E-state index contributed by atoms with van der Waals surface area (Å²) in [5.74, 6) is 0.0223. The van der Waals surface area contributed by atoms with Gasteiger partial charge in [0, 0.05) is 18.8 Å². The third kappa shape index (κ3) is 5.59. The van der Waals surface area contributed by atoms with Crippen molar-refractivity contribution < 1.29 is 9.53 Å². The Labute approximate surface area is 228 Å². The van der Waals surface area contributed by atoms with E-state index in [0.29, 0.717) is 34.1 Å². The second-order valence-electron chi connectivity index (χ2n) is 11.4. The van der Waals surface area contributed by atoms with Gasteiger partial charge in [-0.2, -0.15) is 4.98 Å². The zero-order valence-corrected chi connectivity index (χ0v) is 23.3. The number of nitrogens with one attached hydrogen (secondary N) is 1. The summed E-state index contributed by atoms with van der Waals surface area (Å²) >= 11 is 0. The number of aryl methyl sites for hydroxylation is 1. The first-order chi connectivity index (χ1) is 18.6. The molecule has 3 heterocycles. The van der Waals surface area contributed by atoms with Crippen LogP contribution in [-0.4, -0.2) is 56.7 Å². The van der Waals surface area contributed by atoms with Gasteiger partial charge in [-0.1, -0.05) is 39.0 Å². The summed E-state index contributed by atoms with van der Waals surface area (Å²) in [5, 5.41) is 3.29. The quantitative estimate of drug-likeness (QED) is 0.348. The molecule has 0 radical (unpaired) electrons. The third-order valence-electron chi connectivity index (χ3n) is 7.01. The molecule has 0 bridgehead atoms. The molecule has 9 heteroatoms. The Balaban J connectivity index is 1.65. The number of esters is 1. The number of piperidine rings is 1. The van der Waals surface area contributed by atoms with E-state index in [1.54, 1.807) is 28.8 Å². The molecule has 1 saturated heterocycles. The first kappa shape index (κ1) is 26.6. The Morgan fingerprint density at radius 3 is 2.46 bits per heavy atom. The second kappa shape index (κ2) is 10.6. The lowest BCUT2D eigenvalue weighted by Crippen LogP contribution is -2.43. The molecule has 1 aliphatic rings. The third-order valence-corrected chi connectivity index (χ3v) is 7.01. The molecule has 4 aromatic rings. The number of aromatic nitrogens is 4. The Bertz CT molecular complexity index is 1530. The van der Waals surface area contributed by atoms with E-state index in [0.717, 1.165) is 38.2 Å². The number of methoxy groups -OCH3 is 1. The van der Waals surface area contributed by atoms with Gasteiger partial charge >= 0.3 is 11.7 Å². The molecule has 1 fully saturated rings. The van der Waals surface area contributed by atoms with Crippen LogP contribution in [0, 0.1) is 12.3 Å². The SMILES string of the molecule is COC(=O)c1ccc(-n2c(=O)n([C@H]3CCCN(CC(C)(C)C)C3)c3nc(Nc4ccccc4)nc(C)c32)cc1. The van der Waals surface area contributed by atoms with Crippen molar-refractivity contribution in [3.63, 3.8) is 0 Å². The Kier molecular flexibility index (Phi) is 7.27. The van der Waals surface area contributed by atoms with Crippen LogP contribution in [0.25, 0.3) is 16.9 Å². The van der Waals surface area contributed by atoms with E-state index in [9.17, 15) is 9.59 Å². The van der Waals surface area contributed by atoms with Crippen LogP contribution in [0.5, 0.6) is 0 Å². The molecule has 5 rings (SSSR count). The van der Waals surface area contributed by atoms with Gasteiger partial charge in [0.2, 0.25) is 5.95 Å². The molecule has 2 aromatic carbocycles. The molecule has 0 amide bonds. The highest BCUT2D eigenvalue weighted by atomic mass is 16.5. The standard InChI is InChI=1S/C30H36N6O3/c1-20-25-26(33-28(31-20)32-22-10-7-6-8-11-22)36(24-12-9-17-34(18-24)19-30(2,3)4)29(38)35(25)23-15-13-21(14-16-23)27(37)39-5/h6-8,10-11,13-16,24H,9,12,17-19H2,1-5H3,(H,31,32,33)/t24-/m0/s1. The van der Waals surface area contributed by atoms with Crippen LogP contribution < -0.4 is 11.0 Å². The van der Waals surface area contributed by atoms with Crippen molar-refractivity contribution in [2.75, 3.05) is 32.1 Å². The number of imidazole rings is 1. The van der Waals surface area contributed by atoms with Crippen molar-refractivity contribution in [2.45, 2.75) is 46.6 Å². The fourth-order valence-electron chi connectivity index (χ4n) is 5.47. The van der Waals surface area contributed by atoms with E-state index in [2.05, 4.69) is 31.0 Å². The first-order valence-electron chi connectivity index (χ1n) is 13.4. The molecule has 0 aliphatic carbocycles. The molecular weight excluding hydrogens is 492 g/mol. The summed E-state index contributed by atoms with van der Waals surface area (Å²) in [4.78, 5) is 38.3. The van der Waals surface area contributed by atoms with Crippen molar-refractivity contribution in [3.8, 4) is 5.69 Å².